The molecule has 0 aliphatic carbocycles. The number of hydrogen-bond donors (Lipinski definition) is 1. The first-order valence-corrected chi connectivity index (χ1v) is 8.18. The van der Waals surface area contributed by atoms with Gasteiger partial charge >= 0.3 is 0 Å². The van der Waals surface area contributed by atoms with E-state index in [4.69, 9.17) is 9.47 Å². The van der Waals surface area contributed by atoms with Crippen molar-refractivity contribution >= 4 is 12.4 Å². The molecular formula is C20H28ClNO2. The maximum absolute atomic E-state index is 5.79. The minimum absolute atomic E-state index is 0. The molecule has 0 aromatic heterocycles. The first-order valence-electron chi connectivity index (χ1n) is 8.18. The lowest BCUT2D eigenvalue weighted by Gasteiger charge is -2.16. The van der Waals surface area contributed by atoms with E-state index >= 15 is 0 Å². The van der Waals surface area contributed by atoms with Crippen LogP contribution in [0.2, 0.25) is 0 Å². The fourth-order valence-corrected chi connectivity index (χ4v) is 2.33. The van der Waals surface area contributed by atoms with E-state index in [1.165, 1.54) is 11.1 Å². The summed E-state index contributed by atoms with van der Waals surface area (Å²) < 4.78 is 11.3. The number of methoxy groups -OCH3 is 1. The second kappa shape index (κ2) is 10.2. The summed E-state index contributed by atoms with van der Waals surface area (Å²) >= 11 is 0. The zero-order valence-electron chi connectivity index (χ0n) is 14.9. The van der Waals surface area contributed by atoms with Gasteiger partial charge in [0.1, 0.15) is 0 Å². The van der Waals surface area contributed by atoms with E-state index in [1.807, 2.05) is 18.2 Å². The molecule has 132 valence electrons. The van der Waals surface area contributed by atoms with Crippen molar-refractivity contribution < 1.29 is 9.47 Å². The third-order valence-electron chi connectivity index (χ3n) is 3.71. The van der Waals surface area contributed by atoms with Crippen LogP contribution in [0.15, 0.2) is 48.5 Å². The summed E-state index contributed by atoms with van der Waals surface area (Å²) in [5.41, 5.74) is 2.47. The maximum Gasteiger partial charge on any atom is 0.161 e. The fraction of sp³-hybridized carbons (Fsp3) is 0.400. The van der Waals surface area contributed by atoms with Gasteiger partial charge in [0.05, 0.1) is 13.7 Å². The van der Waals surface area contributed by atoms with Gasteiger partial charge < -0.3 is 14.8 Å². The van der Waals surface area contributed by atoms with Crippen LogP contribution in [0, 0.1) is 5.92 Å². The smallest absolute Gasteiger partial charge is 0.161 e. The van der Waals surface area contributed by atoms with Crippen molar-refractivity contribution in [2.45, 2.75) is 33.4 Å². The number of benzene rings is 2. The Hall–Kier alpha value is -1.71. The molecule has 1 N–H and O–H groups in total. The quantitative estimate of drug-likeness (QED) is 0.727. The predicted octanol–water partition coefficient (Wildman–Crippen LogP) is 5.00. The van der Waals surface area contributed by atoms with Gasteiger partial charge in [-0.2, -0.15) is 0 Å². The Morgan fingerprint density at radius 2 is 1.67 bits per heavy atom. The van der Waals surface area contributed by atoms with Crippen molar-refractivity contribution in [1.29, 1.82) is 0 Å². The largest absolute Gasteiger partial charge is 0.493 e. The second-order valence-corrected chi connectivity index (χ2v) is 6.20. The molecule has 0 bridgehead atoms. The van der Waals surface area contributed by atoms with Crippen molar-refractivity contribution in [3.05, 3.63) is 59.7 Å². The van der Waals surface area contributed by atoms with E-state index < -0.39 is 0 Å². The molecule has 2 aromatic carbocycles. The Morgan fingerprint density at radius 1 is 0.958 bits per heavy atom. The highest BCUT2D eigenvalue weighted by Gasteiger charge is 2.08. The summed E-state index contributed by atoms with van der Waals surface area (Å²) in [6.45, 7) is 7.92. The summed E-state index contributed by atoms with van der Waals surface area (Å²) in [7, 11) is 1.68. The highest BCUT2D eigenvalue weighted by atomic mass is 35.5. The van der Waals surface area contributed by atoms with Crippen molar-refractivity contribution in [2.24, 2.45) is 5.92 Å². The van der Waals surface area contributed by atoms with Gasteiger partial charge in [-0.15, -0.1) is 12.4 Å². The molecule has 0 spiro atoms. The molecule has 0 heterocycles. The van der Waals surface area contributed by atoms with E-state index in [-0.39, 0.29) is 12.4 Å². The molecule has 3 nitrogen and oxygen atoms in total. The van der Waals surface area contributed by atoms with Gasteiger partial charge in [-0.1, -0.05) is 50.2 Å². The molecule has 1 unspecified atom stereocenters. The third-order valence-corrected chi connectivity index (χ3v) is 3.71. The molecule has 0 amide bonds. The number of hydrogen-bond acceptors (Lipinski definition) is 3. The van der Waals surface area contributed by atoms with E-state index in [0.717, 1.165) is 18.0 Å². The second-order valence-electron chi connectivity index (χ2n) is 6.20. The molecule has 0 saturated heterocycles. The molecule has 4 heteroatoms. The molecule has 2 aromatic rings. The first-order chi connectivity index (χ1) is 11.1. The number of rotatable bonds is 8. The minimum atomic E-state index is 0. The lowest BCUT2D eigenvalue weighted by atomic mass is 10.1. The van der Waals surface area contributed by atoms with Crippen LogP contribution in [0.5, 0.6) is 11.5 Å². The van der Waals surface area contributed by atoms with Gasteiger partial charge in [0.2, 0.25) is 0 Å². The van der Waals surface area contributed by atoms with Gasteiger partial charge in [-0.25, -0.2) is 0 Å². The van der Waals surface area contributed by atoms with Gasteiger partial charge in [0, 0.05) is 12.6 Å². The highest BCUT2D eigenvalue weighted by Crippen LogP contribution is 2.28. The van der Waals surface area contributed by atoms with Gasteiger partial charge in [0.25, 0.3) is 0 Å². The van der Waals surface area contributed by atoms with Crippen LogP contribution in [-0.4, -0.2) is 13.7 Å². The van der Waals surface area contributed by atoms with Crippen molar-refractivity contribution in [3.63, 3.8) is 0 Å². The van der Waals surface area contributed by atoms with Crippen LogP contribution < -0.4 is 14.8 Å². The normalized spacial score (nSPS) is 11.7. The molecule has 0 aliphatic heterocycles. The Labute approximate surface area is 151 Å². The zero-order valence-corrected chi connectivity index (χ0v) is 15.7. The van der Waals surface area contributed by atoms with Crippen LogP contribution in [0.25, 0.3) is 0 Å². The van der Waals surface area contributed by atoms with Crippen molar-refractivity contribution in [1.82, 2.24) is 5.32 Å². The monoisotopic (exact) mass is 349 g/mol. The van der Waals surface area contributed by atoms with Crippen molar-refractivity contribution in [2.75, 3.05) is 13.7 Å². The van der Waals surface area contributed by atoms with Crippen molar-refractivity contribution in [3.8, 4) is 11.5 Å². The summed E-state index contributed by atoms with van der Waals surface area (Å²) in [4.78, 5) is 0. The average Bonchev–Trinajstić information content (AvgIpc) is 2.58. The van der Waals surface area contributed by atoms with E-state index in [9.17, 15) is 0 Å². The molecule has 1 atom stereocenters. The number of nitrogens with one attached hydrogen (secondary N) is 1. The fourth-order valence-electron chi connectivity index (χ4n) is 2.33. The third kappa shape index (κ3) is 6.06. The van der Waals surface area contributed by atoms with Gasteiger partial charge in [0.15, 0.2) is 11.5 Å². The SMILES string of the molecule is COc1cc(CNC(C)c2ccccc2)ccc1OCC(C)C.Cl. The predicted molar refractivity (Wildman–Crippen MR) is 102 cm³/mol. The van der Waals surface area contributed by atoms with Crippen LogP contribution in [-0.2, 0) is 6.54 Å². The Balaban J connectivity index is 0.00000288. The zero-order chi connectivity index (χ0) is 16.7. The molecule has 0 fully saturated rings. The lowest BCUT2D eigenvalue weighted by molar-refractivity contribution is 0.256. The van der Waals surface area contributed by atoms with Crippen LogP contribution >= 0.6 is 12.4 Å². The van der Waals surface area contributed by atoms with E-state index in [1.54, 1.807) is 7.11 Å². The topological polar surface area (TPSA) is 30.5 Å². The van der Waals surface area contributed by atoms with E-state index in [0.29, 0.717) is 18.6 Å². The lowest BCUT2D eigenvalue weighted by Crippen LogP contribution is -2.18. The molecule has 2 rings (SSSR count). The number of ether oxygens (including phenoxy) is 2. The van der Waals surface area contributed by atoms with E-state index in [2.05, 4.69) is 56.4 Å². The molecule has 24 heavy (non-hydrogen) atoms. The average molecular weight is 350 g/mol. The summed E-state index contributed by atoms with van der Waals surface area (Å²) in [5, 5.41) is 3.54. The summed E-state index contributed by atoms with van der Waals surface area (Å²) in [6.07, 6.45) is 0. The standard InChI is InChI=1S/C20H27NO2.ClH/c1-15(2)14-23-19-11-10-17(12-20(19)22-4)13-21-16(3)18-8-6-5-7-9-18;/h5-12,15-16,21H,13-14H2,1-4H3;1H. The highest BCUT2D eigenvalue weighted by molar-refractivity contribution is 5.85. The molecule has 0 saturated carbocycles. The Morgan fingerprint density at radius 3 is 2.29 bits per heavy atom. The van der Waals surface area contributed by atoms with Crippen LogP contribution in [0.3, 0.4) is 0 Å². The summed E-state index contributed by atoms with van der Waals surface area (Å²) in [6, 6.07) is 16.9. The summed E-state index contributed by atoms with van der Waals surface area (Å²) in [5.74, 6) is 2.09. The minimum Gasteiger partial charge on any atom is -0.493 e. The number of halogens is 1. The molecule has 0 radical (unpaired) electrons. The molecule has 0 aliphatic rings. The Bertz CT molecular complexity index is 602. The van der Waals surface area contributed by atoms with Gasteiger partial charge in [-0.05, 0) is 36.1 Å². The van der Waals surface area contributed by atoms with Gasteiger partial charge in [-0.3, -0.25) is 0 Å². The first kappa shape index (κ1) is 20.3. The van der Waals surface area contributed by atoms with Crippen LogP contribution in [0.1, 0.15) is 37.9 Å². The molecular weight excluding hydrogens is 322 g/mol. The Kier molecular flexibility index (Phi) is 8.66. The van der Waals surface area contributed by atoms with Crippen LogP contribution in [0.4, 0.5) is 0 Å². The maximum atomic E-state index is 5.79.